The van der Waals surface area contributed by atoms with Crippen molar-refractivity contribution in [2.75, 3.05) is 6.61 Å². The van der Waals surface area contributed by atoms with Crippen molar-refractivity contribution in [1.82, 2.24) is 0 Å². The summed E-state index contributed by atoms with van der Waals surface area (Å²) < 4.78 is 5.13. The van der Waals surface area contributed by atoms with E-state index in [9.17, 15) is 0 Å². The fourth-order valence-corrected chi connectivity index (χ4v) is 0.867. The van der Waals surface area contributed by atoms with Gasteiger partial charge in [0.1, 0.15) is 0 Å². The minimum Gasteiger partial charge on any atom is -0.360 e. The van der Waals surface area contributed by atoms with E-state index < -0.39 is 5.60 Å². The van der Waals surface area contributed by atoms with Crippen LogP contribution in [0.2, 0.25) is 0 Å². The minimum atomic E-state index is -0.458. The first-order valence-electron chi connectivity index (χ1n) is 2.82. The molecular weight excluding hydrogens is 102 g/mol. The summed E-state index contributed by atoms with van der Waals surface area (Å²) in [7, 11) is 0. The fraction of sp³-hybridized carbons (Fsp3) is 0.833. The van der Waals surface area contributed by atoms with Crippen LogP contribution in [0.4, 0.5) is 0 Å². The Hall–Kier alpha value is -0.550. The summed E-state index contributed by atoms with van der Waals surface area (Å²) in [4.78, 5) is 0. The second kappa shape index (κ2) is 1.75. The lowest BCUT2D eigenvalue weighted by atomic mass is 10.1. The quantitative estimate of drug-likeness (QED) is 0.468. The predicted molar refractivity (Wildman–Crippen MR) is 29.2 cm³/mol. The Morgan fingerprint density at radius 1 is 1.75 bits per heavy atom. The molecule has 0 aromatic heterocycles. The van der Waals surface area contributed by atoms with Crippen molar-refractivity contribution < 1.29 is 4.74 Å². The van der Waals surface area contributed by atoms with Gasteiger partial charge in [0.25, 0.3) is 0 Å². The third kappa shape index (κ3) is 0.823. The highest BCUT2D eigenvalue weighted by Gasteiger charge is 2.28. The number of ether oxygens (including phenoxy) is 1. The van der Waals surface area contributed by atoms with Crippen LogP contribution in [0.1, 0.15) is 19.8 Å². The summed E-state index contributed by atoms with van der Waals surface area (Å²) in [6.45, 7) is 2.59. The molecule has 0 aromatic carbocycles. The van der Waals surface area contributed by atoms with Crippen molar-refractivity contribution in [2.45, 2.75) is 25.4 Å². The Balaban J connectivity index is 2.56. The lowest BCUT2D eigenvalue weighted by Gasteiger charge is -2.10. The number of nitrogens with zero attached hydrogens (tertiary/aromatic N) is 1. The molecule has 0 spiro atoms. The topological polar surface area (TPSA) is 33.0 Å². The standard InChI is InChI=1S/C6H9NO/c1-6(5-7)3-2-4-8-6/h2-4H2,1H3. The Bertz CT molecular complexity index is 119. The van der Waals surface area contributed by atoms with Crippen molar-refractivity contribution in [3.8, 4) is 6.07 Å². The summed E-state index contributed by atoms with van der Waals surface area (Å²) in [5.74, 6) is 0. The van der Waals surface area contributed by atoms with Crippen LogP contribution in [-0.2, 0) is 4.74 Å². The zero-order valence-electron chi connectivity index (χ0n) is 4.98. The van der Waals surface area contributed by atoms with E-state index in [0.29, 0.717) is 0 Å². The maximum Gasteiger partial charge on any atom is 0.151 e. The van der Waals surface area contributed by atoms with Crippen molar-refractivity contribution >= 4 is 0 Å². The molecular formula is C6H9NO. The van der Waals surface area contributed by atoms with Crippen LogP contribution in [0.3, 0.4) is 0 Å². The molecule has 0 N–H and O–H groups in total. The molecule has 1 atom stereocenters. The molecule has 1 fully saturated rings. The SMILES string of the molecule is CC1(C#N)CCCO1. The molecule has 1 rings (SSSR count). The van der Waals surface area contributed by atoms with Gasteiger partial charge in [-0.05, 0) is 19.8 Å². The molecule has 1 aliphatic heterocycles. The lowest BCUT2D eigenvalue weighted by molar-refractivity contribution is 0.0677. The van der Waals surface area contributed by atoms with Crippen LogP contribution in [0, 0.1) is 11.3 Å². The Morgan fingerprint density at radius 3 is 2.75 bits per heavy atom. The molecule has 1 heterocycles. The minimum absolute atomic E-state index is 0.458. The zero-order valence-corrected chi connectivity index (χ0v) is 4.98. The van der Waals surface area contributed by atoms with Gasteiger partial charge >= 0.3 is 0 Å². The summed E-state index contributed by atoms with van der Waals surface area (Å²) >= 11 is 0. The Labute approximate surface area is 49.1 Å². The second-order valence-electron chi connectivity index (χ2n) is 2.29. The van der Waals surface area contributed by atoms with E-state index in [1.54, 1.807) is 0 Å². The lowest BCUT2D eigenvalue weighted by Crippen LogP contribution is -2.18. The molecule has 0 bridgehead atoms. The first-order chi connectivity index (χ1) is 3.77. The van der Waals surface area contributed by atoms with Gasteiger partial charge in [0.15, 0.2) is 5.60 Å². The van der Waals surface area contributed by atoms with Crippen LogP contribution in [-0.4, -0.2) is 12.2 Å². The smallest absolute Gasteiger partial charge is 0.151 e. The molecule has 1 saturated heterocycles. The van der Waals surface area contributed by atoms with E-state index in [4.69, 9.17) is 10.00 Å². The van der Waals surface area contributed by atoms with E-state index in [1.165, 1.54) is 0 Å². The van der Waals surface area contributed by atoms with Crippen LogP contribution in [0.25, 0.3) is 0 Å². The summed E-state index contributed by atoms with van der Waals surface area (Å²) in [5.41, 5.74) is -0.458. The molecule has 0 aliphatic carbocycles. The first kappa shape index (κ1) is 5.58. The van der Waals surface area contributed by atoms with Gasteiger partial charge in [0.05, 0.1) is 6.07 Å². The van der Waals surface area contributed by atoms with Crippen molar-refractivity contribution in [3.05, 3.63) is 0 Å². The maximum atomic E-state index is 8.45. The van der Waals surface area contributed by atoms with Crippen LogP contribution >= 0.6 is 0 Å². The number of hydrogen-bond donors (Lipinski definition) is 0. The Morgan fingerprint density at radius 2 is 2.50 bits per heavy atom. The number of hydrogen-bond acceptors (Lipinski definition) is 2. The summed E-state index contributed by atoms with van der Waals surface area (Å²) in [6.07, 6.45) is 1.92. The average Bonchev–Trinajstić information content (AvgIpc) is 2.17. The largest absolute Gasteiger partial charge is 0.360 e. The number of rotatable bonds is 0. The average molecular weight is 111 g/mol. The normalized spacial score (nSPS) is 37.0. The molecule has 0 amide bonds. The second-order valence-corrected chi connectivity index (χ2v) is 2.29. The van der Waals surface area contributed by atoms with Crippen molar-refractivity contribution in [2.24, 2.45) is 0 Å². The molecule has 0 saturated carbocycles. The molecule has 8 heavy (non-hydrogen) atoms. The highest BCUT2D eigenvalue weighted by molar-refractivity contribution is 5.00. The predicted octanol–water partition coefficient (Wildman–Crippen LogP) is 1.08. The van der Waals surface area contributed by atoms with E-state index in [1.807, 2.05) is 6.92 Å². The monoisotopic (exact) mass is 111 g/mol. The zero-order chi connectivity index (χ0) is 6.04. The van der Waals surface area contributed by atoms with Gasteiger partial charge < -0.3 is 4.74 Å². The molecule has 44 valence electrons. The van der Waals surface area contributed by atoms with E-state index in [0.717, 1.165) is 19.4 Å². The number of nitriles is 1. The maximum absolute atomic E-state index is 8.45. The molecule has 2 heteroatoms. The Kier molecular flexibility index (Phi) is 1.22. The van der Waals surface area contributed by atoms with E-state index >= 15 is 0 Å². The van der Waals surface area contributed by atoms with E-state index in [-0.39, 0.29) is 0 Å². The van der Waals surface area contributed by atoms with Crippen molar-refractivity contribution in [3.63, 3.8) is 0 Å². The van der Waals surface area contributed by atoms with Gasteiger partial charge in [-0.2, -0.15) is 5.26 Å². The molecule has 2 nitrogen and oxygen atoms in total. The summed E-state index contributed by atoms with van der Waals surface area (Å²) in [5, 5.41) is 8.45. The van der Waals surface area contributed by atoms with Gasteiger partial charge in [-0.1, -0.05) is 0 Å². The van der Waals surface area contributed by atoms with Crippen LogP contribution in [0.15, 0.2) is 0 Å². The third-order valence-electron chi connectivity index (χ3n) is 1.46. The van der Waals surface area contributed by atoms with Crippen LogP contribution in [0.5, 0.6) is 0 Å². The molecule has 1 aliphatic rings. The van der Waals surface area contributed by atoms with Crippen LogP contribution < -0.4 is 0 Å². The van der Waals surface area contributed by atoms with Gasteiger partial charge in [0, 0.05) is 6.61 Å². The van der Waals surface area contributed by atoms with Gasteiger partial charge in [-0.3, -0.25) is 0 Å². The highest BCUT2D eigenvalue weighted by Crippen LogP contribution is 2.23. The van der Waals surface area contributed by atoms with Gasteiger partial charge in [-0.25, -0.2) is 0 Å². The van der Waals surface area contributed by atoms with Crippen molar-refractivity contribution in [1.29, 1.82) is 5.26 Å². The fourth-order valence-electron chi connectivity index (χ4n) is 0.867. The first-order valence-corrected chi connectivity index (χ1v) is 2.82. The summed E-state index contributed by atoms with van der Waals surface area (Å²) in [6, 6.07) is 2.12. The molecule has 0 aromatic rings. The van der Waals surface area contributed by atoms with Gasteiger partial charge in [-0.15, -0.1) is 0 Å². The van der Waals surface area contributed by atoms with E-state index in [2.05, 4.69) is 6.07 Å². The highest BCUT2D eigenvalue weighted by atomic mass is 16.5. The van der Waals surface area contributed by atoms with Gasteiger partial charge in [0.2, 0.25) is 0 Å². The third-order valence-corrected chi connectivity index (χ3v) is 1.46. The molecule has 0 radical (unpaired) electrons. The molecule has 1 unspecified atom stereocenters.